The van der Waals surface area contributed by atoms with Gasteiger partial charge in [-0.15, -0.1) is 0 Å². The summed E-state index contributed by atoms with van der Waals surface area (Å²) in [5.41, 5.74) is 1.04. The van der Waals surface area contributed by atoms with Crippen LogP contribution in [0.15, 0.2) is 58.1 Å². The predicted octanol–water partition coefficient (Wildman–Crippen LogP) is 2.14. The van der Waals surface area contributed by atoms with Gasteiger partial charge in [0.05, 0.1) is 0 Å². The molecule has 5 heteroatoms. The van der Waals surface area contributed by atoms with Crippen LogP contribution in [-0.4, -0.2) is 0 Å². The van der Waals surface area contributed by atoms with E-state index in [1.807, 2.05) is 26.0 Å². The smallest absolute Gasteiger partial charge is 0.870 e. The molecule has 128 valence electrons. The zero-order valence-electron chi connectivity index (χ0n) is 14.8. The first-order valence-electron chi connectivity index (χ1n) is 8.08. The van der Waals surface area contributed by atoms with Gasteiger partial charge in [-0.05, 0) is 36.1 Å². The molecule has 0 amide bonds. The molecule has 4 nitrogen and oxygen atoms in total. The molecule has 0 saturated heterocycles. The molecule has 0 aliphatic carbocycles. The van der Waals surface area contributed by atoms with Gasteiger partial charge in [-0.2, -0.15) is 0 Å². The second kappa shape index (κ2) is 12.4. The Bertz CT molecular complexity index is 709. The number of hydrogen-bond donors (Lipinski definition) is 0. The van der Waals surface area contributed by atoms with Crippen LogP contribution >= 0.6 is 0 Å². The second-order valence-corrected chi connectivity index (χ2v) is 5.45. The fourth-order valence-corrected chi connectivity index (χ4v) is 2.15. The largest absolute Gasteiger partial charge is 2.00 e. The van der Waals surface area contributed by atoms with Gasteiger partial charge in [0, 0.05) is 0 Å². The maximum atomic E-state index is 11.0. The summed E-state index contributed by atoms with van der Waals surface area (Å²) in [6, 6.07) is 12.3. The molecule has 0 bridgehead atoms. The molecule has 0 N–H and O–H groups in total. The molecule has 0 unspecified atom stereocenters. The molecule has 0 fully saturated rings. The molecule has 0 atom stereocenters. The summed E-state index contributed by atoms with van der Waals surface area (Å²) < 4.78 is 0. The van der Waals surface area contributed by atoms with E-state index in [2.05, 4.69) is 0 Å². The normalized spacial score (nSPS) is 9.36. The van der Waals surface area contributed by atoms with Crippen LogP contribution in [0.25, 0.3) is 0 Å². The molecule has 2 rings (SSSR count). The number of aryl methyl sites for hydroxylation is 2. The van der Waals surface area contributed by atoms with Crippen LogP contribution in [0.2, 0.25) is 0 Å². The van der Waals surface area contributed by atoms with Gasteiger partial charge >= 0.3 is 19.5 Å². The SMILES string of the molecule is CCCc1cccc([O-])c(=O)c1.CCCc1cccc([O-])c(=O)c1.[Zn+2]. The third-order valence-corrected chi connectivity index (χ3v) is 3.31. The average Bonchev–Trinajstić information content (AvgIpc) is 2.79. The Morgan fingerprint density at radius 2 is 1.08 bits per heavy atom. The first-order chi connectivity index (χ1) is 11.5. The van der Waals surface area contributed by atoms with Crippen molar-refractivity contribution in [1.82, 2.24) is 0 Å². The van der Waals surface area contributed by atoms with Crippen LogP contribution in [0.4, 0.5) is 0 Å². The summed E-state index contributed by atoms with van der Waals surface area (Å²) in [5, 5.41) is 21.7. The van der Waals surface area contributed by atoms with Crippen LogP contribution in [0.5, 0.6) is 11.5 Å². The maximum Gasteiger partial charge on any atom is 2.00 e. The van der Waals surface area contributed by atoms with Gasteiger partial charge in [-0.25, -0.2) is 0 Å². The van der Waals surface area contributed by atoms with Crippen molar-refractivity contribution in [2.75, 3.05) is 0 Å². The first kappa shape index (κ1) is 23.0. The van der Waals surface area contributed by atoms with Gasteiger partial charge in [0.2, 0.25) is 0 Å². The quantitative estimate of drug-likeness (QED) is 0.748. The van der Waals surface area contributed by atoms with Gasteiger partial charge in [0.15, 0.2) is 10.9 Å². The van der Waals surface area contributed by atoms with E-state index in [1.54, 1.807) is 12.1 Å². The molecule has 0 spiro atoms. The van der Waals surface area contributed by atoms with E-state index in [4.69, 9.17) is 0 Å². The van der Waals surface area contributed by atoms with E-state index in [9.17, 15) is 19.8 Å². The van der Waals surface area contributed by atoms with Crippen molar-refractivity contribution in [1.29, 1.82) is 0 Å². The first-order valence-corrected chi connectivity index (χ1v) is 8.08. The second-order valence-electron chi connectivity index (χ2n) is 5.45. The summed E-state index contributed by atoms with van der Waals surface area (Å²) in [6.45, 7) is 4.07. The third-order valence-electron chi connectivity index (χ3n) is 3.31. The van der Waals surface area contributed by atoms with Gasteiger partial charge < -0.3 is 10.2 Å². The summed E-state index contributed by atoms with van der Waals surface area (Å²) in [4.78, 5) is 22.0. The van der Waals surface area contributed by atoms with Crippen molar-refractivity contribution in [3.8, 4) is 11.5 Å². The van der Waals surface area contributed by atoms with Crippen LogP contribution in [0, 0.1) is 0 Å². The minimum absolute atomic E-state index is 0. The fourth-order valence-electron chi connectivity index (χ4n) is 2.15. The van der Waals surface area contributed by atoms with Crippen molar-refractivity contribution in [3.63, 3.8) is 0 Å². The van der Waals surface area contributed by atoms with Crippen molar-refractivity contribution in [2.24, 2.45) is 0 Å². The van der Waals surface area contributed by atoms with Crippen molar-refractivity contribution < 1.29 is 29.7 Å². The zero-order chi connectivity index (χ0) is 17.9. The topological polar surface area (TPSA) is 80.3 Å². The molecule has 0 aromatic heterocycles. The average molecular weight is 392 g/mol. The summed E-state index contributed by atoms with van der Waals surface area (Å²) in [7, 11) is 0. The van der Waals surface area contributed by atoms with E-state index in [0.717, 1.165) is 36.8 Å². The number of hydrogen-bond acceptors (Lipinski definition) is 4. The van der Waals surface area contributed by atoms with Crippen molar-refractivity contribution >= 4 is 0 Å². The number of rotatable bonds is 4. The zero-order valence-corrected chi connectivity index (χ0v) is 17.8. The molecule has 2 aromatic rings. The van der Waals surface area contributed by atoms with E-state index in [-0.39, 0.29) is 19.5 Å². The molecule has 2 aromatic carbocycles. The molecule has 0 aliphatic heterocycles. The summed E-state index contributed by atoms with van der Waals surface area (Å²) in [5.74, 6) is -0.866. The summed E-state index contributed by atoms with van der Waals surface area (Å²) in [6.07, 6.45) is 3.67. The van der Waals surface area contributed by atoms with Gasteiger partial charge in [0.25, 0.3) is 0 Å². The molecule has 0 radical (unpaired) electrons. The van der Waals surface area contributed by atoms with Crippen molar-refractivity contribution in [3.05, 3.63) is 80.1 Å². The molecule has 25 heavy (non-hydrogen) atoms. The minimum Gasteiger partial charge on any atom is -0.870 e. The van der Waals surface area contributed by atoms with Gasteiger partial charge in [-0.1, -0.05) is 74.6 Å². The Labute approximate surface area is 160 Å². The Balaban J connectivity index is 0.000000443. The third kappa shape index (κ3) is 8.60. The maximum absolute atomic E-state index is 11.0. The molecular formula is C20H22O4Zn. The Hall–Kier alpha value is -2.00. The fraction of sp³-hybridized carbons (Fsp3) is 0.300. The summed E-state index contributed by atoms with van der Waals surface area (Å²) >= 11 is 0. The molecule has 0 saturated carbocycles. The van der Waals surface area contributed by atoms with Gasteiger partial charge in [0.1, 0.15) is 0 Å². The Morgan fingerprint density at radius 3 is 1.40 bits per heavy atom. The van der Waals surface area contributed by atoms with Crippen LogP contribution in [0.1, 0.15) is 37.8 Å². The van der Waals surface area contributed by atoms with E-state index < -0.39 is 22.4 Å². The minimum atomic E-state index is -0.433. The monoisotopic (exact) mass is 390 g/mol. The molecule has 0 heterocycles. The van der Waals surface area contributed by atoms with Gasteiger partial charge in [-0.3, -0.25) is 9.59 Å². The van der Waals surface area contributed by atoms with Crippen LogP contribution < -0.4 is 21.1 Å². The Kier molecular flexibility index (Phi) is 11.4. The van der Waals surface area contributed by atoms with E-state index in [1.165, 1.54) is 24.3 Å². The van der Waals surface area contributed by atoms with E-state index >= 15 is 0 Å². The molecule has 0 aliphatic rings. The predicted molar refractivity (Wildman–Crippen MR) is 92.3 cm³/mol. The van der Waals surface area contributed by atoms with Crippen LogP contribution in [-0.2, 0) is 32.3 Å². The van der Waals surface area contributed by atoms with Crippen LogP contribution in [0.3, 0.4) is 0 Å². The standard InChI is InChI=1S/2C10H12O2.Zn/c2*1-2-4-8-5-3-6-9(11)10(12)7-8;/h2*3,5-7H,2,4H2,1H3,(H,11,12);/q;;+2/p-2. The Morgan fingerprint density at radius 1 is 0.720 bits per heavy atom. The van der Waals surface area contributed by atoms with E-state index in [0.29, 0.717) is 0 Å². The van der Waals surface area contributed by atoms with Crippen molar-refractivity contribution in [2.45, 2.75) is 39.5 Å². The molecular weight excluding hydrogens is 370 g/mol.